The van der Waals surface area contributed by atoms with E-state index in [0.717, 1.165) is 38.5 Å². The first-order chi connectivity index (χ1) is 18.8. The van der Waals surface area contributed by atoms with Crippen molar-refractivity contribution in [3.63, 3.8) is 0 Å². The first-order valence-corrected chi connectivity index (χ1v) is 15.9. The summed E-state index contributed by atoms with van der Waals surface area (Å²) in [5, 5.41) is 5.52. The van der Waals surface area contributed by atoms with Gasteiger partial charge in [0.15, 0.2) is 0 Å². The lowest BCUT2D eigenvalue weighted by atomic mass is 9.94. The summed E-state index contributed by atoms with van der Waals surface area (Å²) in [6.45, 7) is 5.56. The SMILES string of the molecule is CC(C)(C)OC(=O)N[C@H]1CCCCCC=C[C@@H]2C[C@@]2(C(=O)NS(=O)(=O)NC2CCC2)NC(=O)[C@@H]2CCCN2C1=O. The van der Waals surface area contributed by atoms with Gasteiger partial charge in [0, 0.05) is 18.5 Å². The van der Waals surface area contributed by atoms with Crippen molar-refractivity contribution in [2.45, 2.75) is 121 Å². The molecule has 0 aromatic carbocycles. The molecule has 2 aliphatic heterocycles. The third kappa shape index (κ3) is 7.54. The van der Waals surface area contributed by atoms with Gasteiger partial charge in [0.1, 0.15) is 23.2 Å². The minimum absolute atomic E-state index is 0.194. The highest BCUT2D eigenvalue weighted by Crippen LogP contribution is 2.45. The number of rotatable bonds is 5. The minimum Gasteiger partial charge on any atom is -0.444 e. The van der Waals surface area contributed by atoms with Gasteiger partial charge in [0.25, 0.3) is 5.91 Å². The topological polar surface area (TPSA) is 163 Å². The molecule has 4 atom stereocenters. The number of hydrogen-bond acceptors (Lipinski definition) is 7. The molecule has 0 aromatic rings. The Morgan fingerprint density at radius 2 is 1.80 bits per heavy atom. The summed E-state index contributed by atoms with van der Waals surface area (Å²) in [5.41, 5.74) is -2.14. The third-order valence-corrected chi connectivity index (χ3v) is 9.08. The van der Waals surface area contributed by atoms with E-state index in [0.29, 0.717) is 32.2 Å². The maximum atomic E-state index is 13.6. The van der Waals surface area contributed by atoms with Crippen molar-refractivity contribution < 1.29 is 32.3 Å². The fraction of sp³-hybridized carbons (Fsp3) is 0.778. The Bertz CT molecular complexity index is 1130. The van der Waals surface area contributed by atoms with Crippen molar-refractivity contribution in [1.82, 2.24) is 25.0 Å². The zero-order valence-corrected chi connectivity index (χ0v) is 24.5. The largest absolute Gasteiger partial charge is 0.444 e. The number of amides is 4. The number of hydrogen-bond donors (Lipinski definition) is 4. The van der Waals surface area contributed by atoms with E-state index in [2.05, 4.69) is 20.1 Å². The maximum Gasteiger partial charge on any atom is 0.408 e. The van der Waals surface area contributed by atoms with Crippen molar-refractivity contribution in [3.05, 3.63) is 12.2 Å². The zero-order chi connectivity index (χ0) is 29.1. The number of fused-ring (bicyclic) bond motifs is 2. The van der Waals surface area contributed by atoms with E-state index in [1.807, 2.05) is 12.2 Å². The van der Waals surface area contributed by atoms with Crippen LogP contribution in [0.2, 0.25) is 0 Å². The molecule has 4 amide bonds. The van der Waals surface area contributed by atoms with Crippen LogP contribution < -0.4 is 20.1 Å². The van der Waals surface area contributed by atoms with Crippen LogP contribution in [0, 0.1) is 5.92 Å². The highest BCUT2D eigenvalue weighted by Gasteiger charge is 2.61. The van der Waals surface area contributed by atoms with E-state index in [1.165, 1.54) is 4.90 Å². The second-order valence-electron chi connectivity index (χ2n) is 12.4. The van der Waals surface area contributed by atoms with Crippen LogP contribution in [0.15, 0.2) is 12.2 Å². The van der Waals surface area contributed by atoms with Crippen LogP contribution in [0.3, 0.4) is 0 Å². The summed E-state index contributed by atoms with van der Waals surface area (Å²) in [6.07, 6.45) is 10.3. The summed E-state index contributed by atoms with van der Waals surface area (Å²) in [6, 6.07) is -1.88. The molecule has 0 bridgehead atoms. The lowest BCUT2D eigenvalue weighted by Crippen LogP contribution is -2.59. The molecule has 2 aliphatic carbocycles. The van der Waals surface area contributed by atoms with Crippen molar-refractivity contribution in [3.8, 4) is 0 Å². The molecule has 3 fully saturated rings. The number of carbonyl (C=O) groups is 4. The molecule has 0 spiro atoms. The van der Waals surface area contributed by atoms with Crippen LogP contribution in [0.5, 0.6) is 0 Å². The molecular weight excluding hydrogens is 538 g/mol. The van der Waals surface area contributed by atoms with Gasteiger partial charge in [-0.1, -0.05) is 31.4 Å². The summed E-state index contributed by atoms with van der Waals surface area (Å²) >= 11 is 0. The highest BCUT2D eigenvalue weighted by molar-refractivity contribution is 7.88. The first kappa shape index (κ1) is 30.3. The van der Waals surface area contributed by atoms with E-state index in [1.54, 1.807) is 20.8 Å². The summed E-state index contributed by atoms with van der Waals surface area (Å²) < 4.78 is 35.2. The van der Waals surface area contributed by atoms with Gasteiger partial charge in [-0.05, 0) is 72.1 Å². The smallest absolute Gasteiger partial charge is 0.408 e. The number of carbonyl (C=O) groups excluding carboxylic acids is 4. The van der Waals surface area contributed by atoms with Crippen molar-refractivity contribution in [2.24, 2.45) is 5.92 Å². The van der Waals surface area contributed by atoms with Gasteiger partial charge in [-0.2, -0.15) is 13.1 Å². The van der Waals surface area contributed by atoms with Gasteiger partial charge in [0.05, 0.1) is 0 Å². The van der Waals surface area contributed by atoms with E-state index >= 15 is 0 Å². The Labute approximate surface area is 236 Å². The number of nitrogens with zero attached hydrogens (tertiary/aromatic N) is 1. The van der Waals surface area contributed by atoms with Crippen LogP contribution in [-0.2, 0) is 29.3 Å². The van der Waals surface area contributed by atoms with E-state index in [4.69, 9.17) is 4.74 Å². The Morgan fingerprint density at radius 1 is 1.05 bits per heavy atom. The first-order valence-electron chi connectivity index (χ1n) is 14.4. The van der Waals surface area contributed by atoms with E-state index < -0.39 is 51.3 Å². The zero-order valence-electron chi connectivity index (χ0n) is 23.7. The Balaban J connectivity index is 1.52. The van der Waals surface area contributed by atoms with E-state index in [9.17, 15) is 27.6 Å². The van der Waals surface area contributed by atoms with Crippen molar-refractivity contribution in [2.75, 3.05) is 6.54 Å². The molecule has 13 heteroatoms. The molecule has 4 N–H and O–H groups in total. The van der Waals surface area contributed by atoms with Gasteiger partial charge in [-0.25, -0.2) is 9.52 Å². The molecule has 1 saturated heterocycles. The fourth-order valence-electron chi connectivity index (χ4n) is 5.53. The molecule has 0 unspecified atom stereocenters. The van der Waals surface area contributed by atoms with Crippen molar-refractivity contribution in [1.29, 1.82) is 0 Å². The van der Waals surface area contributed by atoms with Crippen molar-refractivity contribution >= 4 is 34.0 Å². The number of allylic oxidation sites excluding steroid dienone is 1. The highest BCUT2D eigenvalue weighted by atomic mass is 32.2. The fourth-order valence-corrected chi connectivity index (χ4v) is 6.69. The lowest BCUT2D eigenvalue weighted by Gasteiger charge is -2.31. The van der Waals surface area contributed by atoms with Crippen LogP contribution in [-0.4, -0.2) is 72.9 Å². The normalized spacial score (nSPS) is 30.1. The average Bonchev–Trinajstić information content (AvgIpc) is 3.28. The second-order valence-corrected chi connectivity index (χ2v) is 13.9. The van der Waals surface area contributed by atoms with Gasteiger partial charge in [-0.15, -0.1) is 0 Å². The van der Waals surface area contributed by atoms with Crippen LogP contribution in [0.1, 0.15) is 91.4 Å². The van der Waals surface area contributed by atoms with Crippen LogP contribution in [0.4, 0.5) is 4.79 Å². The van der Waals surface area contributed by atoms with Gasteiger partial charge < -0.3 is 20.3 Å². The summed E-state index contributed by atoms with van der Waals surface area (Å²) in [7, 11) is -4.08. The molecule has 4 aliphatic rings. The quantitative estimate of drug-likeness (QED) is 0.360. The van der Waals surface area contributed by atoms with Crippen LogP contribution >= 0.6 is 0 Å². The molecule has 0 aromatic heterocycles. The predicted octanol–water partition coefficient (Wildman–Crippen LogP) is 1.77. The standard InChI is InChI=1S/C27H43N5O7S/c1-26(2,3)39-25(36)28-20-14-8-6-4-5-7-11-18-17-27(18,24(35)31-40(37,38)30-19-12-9-13-19)29-22(33)21-15-10-16-32(21)23(20)34/h7,11,18-21,30H,4-6,8-10,12-17H2,1-3H3,(H,28,36)(H,29,33)(H,31,35)/t18-,20+,21+,27-/m1/s1. The Morgan fingerprint density at radius 3 is 2.48 bits per heavy atom. The van der Waals surface area contributed by atoms with Crippen LogP contribution in [0.25, 0.3) is 0 Å². The Hall–Kier alpha value is -2.67. The second kappa shape index (κ2) is 12.1. The molecule has 224 valence electrons. The molecular formula is C27H43N5O7S. The number of nitrogens with one attached hydrogen (secondary N) is 4. The Kier molecular flexibility index (Phi) is 9.13. The predicted molar refractivity (Wildman–Crippen MR) is 147 cm³/mol. The molecule has 2 saturated carbocycles. The molecule has 12 nitrogen and oxygen atoms in total. The van der Waals surface area contributed by atoms with E-state index in [-0.39, 0.29) is 24.3 Å². The van der Waals surface area contributed by atoms with Gasteiger partial charge >= 0.3 is 16.3 Å². The van der Waals surface area contributed by atoms with Gasteiger partial charge in [-0.3, -0.25) is 14.4 Å². The maximum absolute atomic E-state index is 13.6. The molecule has 0 radical (unpaired) electrons. The summed E-state index contributed by atoms with van der Waals surface area (Å²) in [5.74, 6) is -2.01. The monoisotopic (exact) mass is 581 g/mol. The average molecular weight is 582 g/mol. The third-order valence-electron chi connectivity index (χ3n) is 7.98. The van der Waals surface area contributed by atoms with Gasteiger partial charge in [0.2, 0.25) is 11.8 Å². The summed E-state index contributed by atoms with van der Waals surface area (Å²) in [4.78, 5) is 54.5. The number of ether oxygens (including phenoxy) is 1. The molecule has 40 heavy (non-hydrogen) atoms. The molecule has 4 rings (SSSR count). The minimum atomic E-state index is -4.08. The number of alkyl carbamates (subject to hydrolysis) is 1. The lowest BCUT2D eigenvalue weighted by molar-refractivity contribution is -0.141. The molecule has 2 heterocycles.